The van der Waals surface area contributed by atoms with Crippen LogP contribution >= 0.6 is 0 Å². The van der Waals surface area contributed by atoms with Gasteiger partial charge in [0.05, 0.1) is 16.1 Å². The topological polar surface area (TPSA) is 92.8 Å². The second-order valence-corrected chi connectivity index (χ2v) is 9.72. The molecule has 0 bridgehead atoms. The number of anilines is 1. The standard InChI is InChI=1S/C24H30N2O5S/c1-2-26(21-12-8-5-9-13-21)32(29,30)22-16-14-19(15-17-22)24(28)31-18-23(27)25-20-10-6-3-4-7-11-20/h5,8-9,12-17,20H,2-4,6-7,10-11,18H2,1H3,(H,25,27). The molecular weight excluding hydrogens is 428 g/mol. The van der Waals surface area contributed by atoms with Crippen molar-refractivity contribution in [1.82, 2.24) is 5.32 Å². The first-order valence-electron chi connectivity index (χ1n) is 11.1. The van der Waals surface area contributed by atoms with Crippen molar-refractivity contribution in [2.24, 2.45) is 0 Å². The van der Waals surface area contributed by atoms with Gasteiger partial charge in [0.1, 0.15) is 0 Å². The Labute approximate surface area is 189 Å². The molecule has 1 saturated carbocycles. The minimum absolute atomic E-state index is 0.0749. The van der Waals surface area contributed by atoms with Gasteiger partial charge in [0, 0.05) is 12.6 Å². The molecule has 0 atom stereocenters. The van der Waals surface area contributed by atoms with Crippen LogP contribution in [0.25, 0.3) is 0 Å². The van der Waals surface area contributed by atoms with Crippen LogP contribution in [0.2, 0.25) is 0 Å². The first kappa shape index (κ1) is 23.8. The maximum absolute atomic E-state index is 13.0. The van der Waals surface area contributed by atoms with E-state index in [1.807, 2.05) is 6.07 Å². The Balaban J connectivity index is 1.59. The number of amides is 1. The highest BCUT2D eigenvalue weighted by atomic mass is 32.2. The number of ether oxygens (including phenoxy) is 1. The Kier molecular flexibility index (Phi) is 8.27. The van der Waals surface area contributed by atoms with E-state index >= 15 is 0 Å². The van der Waals surface area contributed by atoms with E-state index in [1.54, 1.807) is 31.2 Å². The summed E-state index contributed by atoms with van der Waals surface area (Å²) in [5.41, 5.74) is 0.757. The highest BCUT2D eigenvalue weighted by Crippen LogP contribution is 2.23. The van der Waals surface area contributed by atoms with Gasteiger partial charge in [-0.1, -0.05) is 43.9 Å². The Morgan fingerprint density at radius 1 is 0.969 bits per heavy atom. The molecule has 0 saturated heterocycles. The lowest BCUT2D eigenvalue weighted by atomic mass is 10.1. The molecule has 1 aliphatic rings. The van der Waals surface area contributed by atoms with Crippen LogP contribution < -0.4 is 9.62 Å². The van der Waals surface area contributed by atoms with E-state index in [0.29, 0.717) is 5.69 Å². The summed E-state index contributed by atoms with van der Waals surface area (Å²) in [6.07, 6.45) is 6.48. The zero-order valence-corrected chi connectivity index (χ0v) is 19.1. The number of rotatable bonds is 8. The molecule has 3 rings (SSSR count). The number of esters is 1. The van der Waals surface area contributed by atoms with Gasteiger partial charge in [-0.15, -0.1) is 0 Å². The van der Waals surface area contributed by atoms with Crippen molar-refractivity contribution >= 4 is 27.6 Å². The number of benzene rings is 2. The second kappa shape index (κ2) is 11.1. The average Bonchev–Trinajstić information content (AvgIpc) is 3.07. The predicted molar refractivity (Wildman–Crippen MR) is 123 cm³/mol. The van der Waals surface area contributed by atoms with E-state index in [-0.39, 0.29) is 35.6 Å². The number of carbonyl (C=O) groups excluding carboxylic acids is 2. The van der Waals surface area contributed by atoms with E-state index in [0.717, 1.165) is 25.7 Å². The molecule has 0 heterocycles. The molecule has 2 aromatic rings. The maximum atomic E-state index is 13.0. The molecule has 0 spiro atoms. The summed E-state index contributed by atoms with van der Waals surface area (Å²) >= 11 is 0. The van der Waals surface area contributed by atoms with Gasteiger partial charge in [0.25, 0.3) is 15.9 Å². The zero-order chi connectivity index (χ0) is 23.0. The summed E-state index contributed by atoms with van der Waals surface area (Å²) in [6.45, 7) is 1.68. The zero-order valence-electron chi connectivity index (χ0n) is 18.3. The van der Waals surface area contributed by atoms with E-state index in [1.165, 1.54) is 41.4 Å². The number of carbonyl (C=O) groups is 2. The summed E-state index contributed by atoms with van der Waals surface area (Å²) in [5, 5.41) is 2.93. The van der Waals surface area contributed by atoms with Crippen LogP contribution in [0.3, 0.4) is 0 Å². The quantitative estimate of drug-likeness (QED) is 0.478. The molecule has 0 aromatic heterocycles. The van der Waals surface area contributed by atoms with Gasteiger partial charge in [-0.05, 0) is 56.2 Å². The van der Waals surface area contributed by atoms with Crippen molar-refractivity contribution in [3.05, 3.63) is 60.2 Å². The van der Waals surface area contributed by atoms with Crippen LogP contribution in [0, 0.1) is 0 Å². The third-order valence-corrected chi connectivity index (χ3v) is 7.48. The lowest BCUT2D eigenvalue weighted by Crippen LogP contribution is -2.37. The summed E-state index contributed by atoms with van der Waals surface area (Å²) in [7, 11) is -3.77. The fraction of sp³-hybridized carbons (Fsp3) is 0.417. The third kappa shape index (κ3) is 6.09. The summed E-state index contributed by atoms with van der Waals surface area (Å²) < 4.78 is 32.5. The van der Waals surface area contributed by atoms with Gasteiger partial charge in [0.15, 0.2) is 6.61 Å². The highest BCUT2D eigenvalue weighted by Gasteiger charge is 2.24. The fourth-order valence-corrected chi connectivity index (χ4v) is 5.36. The summed E-state index contributed by atoms with van der Waals surface area (Å²) in [4.78, 5) is 24.5. The van der Waals surface area contributed by atoms with Gasteiger partial charge >= 0.3 is 5.97 Å². The molecule has 172 valence electrons. The van der Waals surface area contributed by atoms with Gasteiger partial charge < -0.3 is 10.1 Å². The van der Waals surface area contributed by atoms with Crippen LogP contribution in [-0.2, 0) is 19.6 Å². The van der Waals surface area contributed by atoms with Crippen molar-refractivity contribution in [1.29, 1.82) is 0 Å². The van der Waals surface area contributed by atoms with Crippen LogP contribution in [0.5, 0.6) is 0 Å². The molecule has 1 fully saturated rings. The van der Waals surface area contributed by atoms with Crippen LogP contribution in [-0.4, -0.2) is 39.5 Å². The lowest BCUT2D eigenvalue weighted by molar-refractivity contribution is -0.125. The van der Waals surface area contributed by atoms with Gasteiger partial charge in [-0.25, -0.2) is 13.2 Å². The molecule has 1 aliphatic carbocycles. The Morgan fingerprint density at radius 3 is 2.19 bits per heavy atom. The second-order valence-electron chi connectivity index (χ2n) is 7.86. The van der Waals surface area contributed by atoms with Crippen LogP contribution in [0.1, 0.15) is 55.8 Å². The van der Waals surface area contributed by atoms with E-state index in [9.17, 15) is 18.0 Å². The fourth-order valence-electron chi connectivity index (χ4n) is 3.88. The van der Waals surface area contributed by atoms with Crippen molar-refractivity contribution < 1.29 is 22.7 Å². The molecular formula is C24H30N2O5S. The Hall–Kier alpha value is -2.87. The summed E-state index contributed by atoms with van der Waals surface area (Å²) in [6, 6.07) is 14.5. The maximum Gasteiger partial charge on any atom is 0.338 e. The number of hydrogen-bond donors (Lipinski definition) is 1. The normalized spacial score (nSPS) is 14.9. The molecule has 0 aliphatic heterocycles. The van der Waals surface area contributed by atoms with Crippen molar-refractivity contribution in [3.63, 3.8) is 0 Å². The molecule has 8 heteroatoms. The van der Waals surface area contributed by atoms with Gasteiger partial charge in [-0.2, -0.15) is 0 Å². The van der Waals surface area contributed by atoms with Crippen molar-refractivity contribution in [2.45, 2.75) is 56.4 Å². The van der Waals surface area contributed by atoms with Gasteiger partial charge in [0.2, 0.25) is 0 Å². The monoisotopic (exact) mass is 458 g/mol. The number of para-hydroxylation sites is 1. The molecule has 1 N–H and O–H groups in total. The SMILES string of the molecule is CCN(c1ccccc1)S(=O)(=O)c1ccc(C(=O)OCC(=O)NC2CCCCCC2)cc1. The first-order valence-corrected chi connectivity index (χ1v) is 12.5. The number of hydrogen-bond acceptors (Lipinski definition) is 5. The molecule has 1 amide bonds. The molecule has 0 radical (unpaired) electrons. The number of sulfonamides is 1. The highest BCUT2D eigenvalue weighted by molar-refractivity contribution is 7.92. The van der Waals surface area contributed by atoms with E-state index in [4.69, 9.17) is 4.74 Å². The van der Waals surface area contributed by atoms with E-state index in [2.05, 4.69) is 5.32 Å². The van der Waals surface area contributed by atoms with Crippen molar-refractivity contribution in [2.75, 3.05) is 17.5 Å². The van der Waals surface area contributed by atoms with E-state index < -0.39 is 16.0 Å². The Morgan fingerprint density at radius 2 is 1.59 bits per heavy atom. The largest absolute Gasteiger partial charge is 0.452 e. The number of nitrogens with zero attached hydrogens (tertiary/aromatic N) is 1. The Bertz CT molecular complexity index is 998. The number of nitrogens with one attached hydrogen (secondary N) is 1. The lowest BCUT2D eigenvalue weighted by Gasteiger charge is -2.23. The first-order chi connectivity index (χ1) is 15.4. The molecule has 32 heavy (non-hydrogen) atoms. The molecule has 7 nitrogen and oxygen atoms in total. The summed E-state index contributed by atoms with van der Waals surface area (Å²) in [5.74, 6) is -0.980. The van der Waals surface area contributed by atoms with Gasteiger partial charge in [-0.3, -0.25) is 9.10 Å². The molecule has 0 unspecified atom stereocenters. The third-order valence-electron chi connectivity index (χ3n) is 5.56. The average molecular weight is 459 g/mol. The molecule has 2 aromatic carbocycles. The van der Waals surface area contributed by atoms with Crippen molar-refractivity contribution in [3.8, 4) is 0 Å². The smallest absolute Gasteiger partial charge is 0.338 e. The predicted octanol–water partition coefficient (Wildman–Crippen LogP) is 3.90. The van der Waals surface area contributed by atoms with Crippen LogP contribution in [0.4, 0.5) is 5.69 Å². The van der Waals surface area contributed by atoms with Crippen LogP contribution in [0.15, 0.2) is 59.5 Å². The minimum atomic E-state index is -3.77. The minimum Gasteiger partial charge on any atom is -0.452 e.